The van der Waals surface area contributed by atoms with Crippen LogP contribution in [0.5, 0.6) is 0 Å². The molecule has 1 fully saturated rings. The topological polar surface area (TPSA) is 74.7 Å². The number of nitrogens with zero attached hydrogens (tertiary/aromatic N) is 1. The fourth-order valence-corrected chi connectivity index (χ4v) is 2.12. The number of hydrogen-bond acceptors (Lipinski definition) is 3. The van der Waals surface area contributed by atoms with Crippen molar-refractivity contribution in [1.82, 2.24) is 4.90 Å². The maximum atomic E-state index is 11.8. The quantitative estimate of drug-likeness (QED) is 0.842. The van der Waals surface area contributed by atoms with Crippen molar-refractivity contribution in [3.63, 3.8) is 0 Å². The van der Waals surface area contributed by atoms with Crippen LogP contribution in [-0.2, 0) is 16.1 Å². The molecule has 1 saturated heterocycles. The second kappa shape index (κ2) is 5.65. The van der Waals surface area contributed by atoms with E-state index in [1.165, 1.54) is 17.0 Å². The fourth-order valence-electron chi connectivity index (χ4n) is 2.12. The molecule has 2 rings (SSSR count). The number of carbonyl (C=O) groups is 3. The van der Waals surface area contributed by atoms with Crippen molar-refractivity contribution in [3.8, 4) is 0 Å². The summed E-state index contributed by atoms with van der Waals surface area (Å²) in [7, 11) is 0. The second-order valence-corrected chi connectivity index (χ2v) is 4.59. The van der Waals surface area contributed by atoms with Gasteiger partial charge in [-0.05, 0) is 30.5 Å². The summed E-state index contributed by atoms with van der Waals surface area (Å²) >= 11 is 0. The zero-order valence-corrected chi connectivity index (χ0v) is 10.5. The lowest BCUT2D eigenvalue weighted by molar-refractivity contribution is -0.144. The van der Waals surface area contributed by atoms with Crippen molar-refractivity contribution in [2.45, 2.75) is 32.2 Å². The van der Waals surface area contributed by atoms with Gasteiger partial charge in [-0.15, -0.1) is 0 Å². The lowest BCUT2D eigenvalue weighted by Crippen LogP contribution is -2.34. The molecule has 0 spiro atoms. The molecular weight excluding hydrogens is 246 g/mol. The van der Waals surface area contributed by atoms with E-state index >= 15 is 0 Å². The van der Waals surface area contributed by atoms with E-state index in [4.69, 9.17) is 5.11 Å². The van der Waals surface area contributed by atoms with Gasteiger partial charge in [0.25, 0.3) is 0 Å². The van der Waals surface area contributed by atoms with Gasteiger partial charge < -0.3 is 5.11 Å². The van der Waals surface area contributed by atoms with Crippen LogP contribution in [0.25, 0.3) is 0 Å². The van der Waals surface area contributed by atoms with Gasteiger partial charge in [0.15, 0.2) is 0 Å². The van der Waals surface area contributed by atoms with E-state index in [0.29, 0.717) is 18.4 Å². The molecule has 1 aromatic carbocycles. The highest BCUT2D eigenvalue weighted by atomic mass is 16.4. The van der Waals surface area contributed by atoms with Gasteiger partial charge in [0, 0.05) is 12.8 Å². The second-order valence-electron chi connectivity index (χ2n) is 4.59. The SMILES string of the molecule is O=C(O)c1cccc(CN2C(=O)CCCCC2=O)c1. The van der Waals surface area contributed by atoms with Crippen molar-refractivity contribution in [2.75, 3.05) is 0 Å². The molecule has 0 saturated carbocycles. The van der Waals surface area contributed by atoms with E-state index in [1.807, 2.05) is 0 Å². The molecule has 0 atom stereocenters. The summed E-state index contributed by atoms with van der Waals surface area (Å²) in [4.78, 5) is 35.8. The molecule has 1 heterocycles. The Labute approximate surface area is 110 Å². The molecule has 1 aliphatic rings. The highest BCUT2D eigenvalue weighted by Crippen LogP contribution is 2.16. The minimum Gasteiger partial charge on any atom is -0.478 e. The lowest BCUT2D eigenvalue weighted by atomic mass is 10.1. The number of carboxylic acid groups (broad SMARTS) is 1. The average Bonchev–Trinajstić information content (AvgIpc) is 2.54. The van der Waals surface area contributed by atoms with Gasteiger partial charge in [-0.3, -0.25) is 14.5 Å². The van der Waals surface area contributed by atoms with Crippen LogP contribution in [-0.4, -0.2) is 27.8 Å². The number of likely N-dealkylation sites (tertiary alicyclic amines) is 1. The van der Waals surface area contributed by atoms with E-state index in [2.05, 4.69) is 0 Å². The number of aromatic carboxylic acids is 1. The van der Waals surface area contributed by atoms with E-state index in [1.54, 1.807) is 12.1 Å². The Morgan fingerprint density at radius 2 is 1.79 bits per heavy atom. The molecule has 5 heteroatoms. The Morgan fingerprint density at radius 3 is 2.37 bits per heavy atom. The monoisotopic (exact) mass is 261 g/mol. The zero-order chi connectivity index (χ0) is 13.8. The maximum Gasteiger partial charge on any atom is 0.335 e. The van der Waals surface area contributed by atoms with Gasteiger partial charge in [0.2, 0.25) is 11.8 Å². The highest BCUT2D eigenvalue weighted by molar-refractivity contribution is 5.96. The van der Waals surface area contributed by atoms with Crippen LogP contribution in [0.3, 0.4) is 0 Å². The Balaban J connectivity index is 2.19. The smallest absolute Gasteiger partial charge is 0.335 e. The van der Waals surface area contributed by atoms with E-state index in [-0.39, 0.29) is 23.9 Å². The van der Waals surface area contributed by atoms with Crippen LogP contribution in [0.2, 0.25) is 0 Å². The first-order chi connectivity index (χ1) is 9.08. The number of amides is 2. The van der Waals surface area contributed by atoms with Gasteiger partial charge in [0.1, 0.15) is 0 Å². The minimum atomic E-state index is -1.02. The molecule has 1 aromatic rings. The van der Waals surface area contributed by atoms with Crippen LogP contribution in [0.4, 0.5) is 0 Å². The van der Waals surface area contributed by atoms with Crippen LogP contribution >= 0.6 is 0 Å². The Kier molecular flexibility index (Phi) is 3.94. The summed E-state index contributed by atoms with van der Waals surface area (Å²) < 4.78 is 0. The molecule has 0 bridgehead atoms. The van der Waals surface area contributed by atoms with E-state index < -0.39 is 5.97 Å². The number of rotatable bonds is 3. The molecule has 100 valence electrons. The van der Waals surface area contributed by atoms with Gasteiger partial charge >= 0.3 is 5.97 Å². The van der Waals surface area contributed by atoms with Crippen molar-refractivity contribution in [2.24, 2.45) is 0 Å². The Morgan fingerprint density at radius 1 is 1.16 bits per heavy atom. The van der Waals surface area contributed by atoms with Gasteiger partial charge in [-0.25, -0.2) is 4.79 Å². The van der Waals surface area contributed by atoms with E-state index in [0.717, 1.165) is 12.8 Å². The number of carbonyl (C=O) groups excluding carboxylic acids is 2. The molecule has 1 N–H and O–H groups in total. The summed E-state index contributed by atoms with van der Waals surface area (Å²) in [6.07, 6.45) is 2.22. The maximum absolute atomic E-state index is 11.8. The largest absolute Gasteiger partial charge is 0.478 e. The van der Waals surface area contributed by atoms with Crippen LogP contribution < -0.4 is 0 Å². The average molecular weight is 261 g/mol. The van der Waals surface area contributed by atoms with Crippen molar-refractivity contribution >= 4 is 17.8 Å². The molecule has 0 unspecified atom stereocenters. The summed E-state index contributed by atoms with van der Waals surface area (Å²) in [5.74, 6) is -1.37. The standard InChI is InChI=1S/C14H15NO4/c16-12-6-1-2-7-13(17)15(12)9-10-4-3-5-11(8-10)14(18)19/h3-5,8H,1-2,6-7,9H2,(H,18,19). The van der Waals surface area contributed by atoms with Crippen LogP contribution in [0.15, 0.2) is 24.3 Å². The third-order valence-electron chi connectivity index (χ3n) is 3.15. The normalized spacial score (nSPS) is 16.3. The Hall–Kier alpha value is -2.17. The number of imide groups is 1. The molecule has 1 aliphatic heterocycles. The molecule has 0 aromatic heterocycles. The van der Waals surface area contributed by atoms with Gasteiger partial charge in [-0.1, -0.05) is 12.1 Å². The van der Waals surface area contributed by atoms with Crippen LogP contribution in [0, 0.1) is 0 Å². The van der Waals surface area contributed by atoms with Gasteiger partial charge in [-0.2, -0.15) is 0 Å². The third kappa shape index (κ3) is 3.19. The number of benzene rings is 1. The first kappa shape index (κ1) is 13.3. The summed E-state index contributed by atoms with van der Waals surface area (Å²) in [6.45, 7) is 0.152. The molecule has 5 nitrogen and oxygen atoms in total. The predicted molar refractivity (Wildman–Crippen MR) is 67.4 cm³/mol. The summed E-state index contributed by atoms with van der Waals surface area (Å²) in [6, 6.07) is 6.31. The first-order valence-electron chi connectivity index (χ1n) is 6.23. The lowest BCUT2D eigenvalue weighted by Gasteiger charge is -2.18. The predicted octanol–water partition coefficient (Wildman–Crippen LogP) is 1.81. The number of hydrogen-bond donors (Lipinski definition) is 1. The van der Waals surface area contributed by atoms with Crippen LogP contribution in [0.1, 0.15) is 41.6 Å². The van der Waals surface area contributed by atoms with E-state index in [9.17, 15) is 14.4 Å². The Bertz CT molecular complexity index is 506. The molecular formula is C14H15NO4. The van der Waals surface area contributed by atoms with Gasteiger partial charge in [0.05, 0.1) is 12.1 Å². The molecule has 0 radical (unpaired) electrons. The molecule has 2 amide bonds. The zero-order valence-electron chi connectivity index (χ0n) is 10.5. The summed E-state index contributed by atoms with van der Waals surface area (Å²) in [5, 5.41) is 8.92. The molecule has 0 aliphatic carbocycles. The van der Waals surface area contributed by atoms with Crippen molar-refractivity contribution in [1.29, 1.82) is 0 Å². The summed E-state index contributed by atoms with van der Waals surface area (Å²) in [5.41, 5.74) is 0.815. The third-order valence-corrected chi connectivity index (χ3v) is 3.15. The fraction of sp³-hybridized carbons (Fsp3) is 0.357. The minimum absolute atomic E-state index is 0.152. The number of carboxylic acids is 1. The molecule has 19 heavy (non-hydrogen) atoms. The van der Waals surface area contributed by atoms with Crippen molar-refractivity contribution < 1.29 is 19.5 Å². The van der Waals surface area contributed by atoms with Crippen molar-refractivity contribution in [3.05, 3.63) is 35.4 Å². The first-order valence-corrected chi connectivity index (χ1v) is 6.23. The highest BCUT2D eigenvalue weighted by Gasteiger charge is 2.24.